The number of aliphatic imine (C=N–C) groups is 1. The van der Waals surface area contributed by atoms with Crippen LogP contribution in [0.3, 0.4) is 0 Å². The highest BCUT2D eigenvalue weighted by Gasteiger charge is 2.23. The Labute approximate surface area is 206 Å². The third-order valence-corrected chi connectivity index (χ3v) is 5.02. The van der Waals surface area contributed by atoms with Crippen LogP contribution in [0.5, 0.6) is 11.5 Å². The molecule has 1 aromatic carbocycles. The number of carbonyl (C=O) groups is 1. The second kappa shape index (κ2) is 13.1. The summed E-state index contributed by atoms with van der Waals surface area (Å²) in [6.07, 6.45) is 4.26. The number of guanidine groups is 1. The van der Waals surface area contributed by atoms with Crippen LogP contribution in [0.2, 0.25) is 0 Å². The summed E-state index contributed by atoms with van der Waals surface area (Å²) in [6, 6.07) is 9.76. The molecule has 1 amide bonds. The zero-order valence-electron chi connectivity index (χ0n) is 18.6. The Morgan fingerprint density at radius 2 is 2.00 bits per heavy atom. The van der Waals surface area contributed by atoms with E-state index in [-0.39, 0.29) is 42.5 Å². The average molecular weight is 554 g/mol. The van der Waals surface area contributed by atoms with Crippen LogP contribution in [0.1, 0.15) is 12.0 Å². The number of amides is 1. The molecule has 1 atom stereocenters. The Kier molecular flexibility index (Phi) is 10.5. The number of carbonyl (C=O) groups excluding carboxylic acids is 1. The van der Waals surface area contributed by atoms with Gasteiger partial charge in [-0.1, -0.05) is 0 Å². The van der Waals surface area contributed by atoms with Crippen molar-refractivity contribution in [3.8, 4) is 11.5 Å². The lowest BCUT2D eigenvalue weighted by molar-refractivity contribution is -0.115. The quantitative estimate of drug-likeness (QED) is 0.261. The Balaban J connectivity index is 0.00000363. The summed E-state index contributed by atoms with van der Waals surface area (Å²) in [5, 5.41) is 9.26. The summed E-state index contributed by atoms with van der Waals surface area (Å²) in [5.74, 6) is 2.03. The van der Waals surface area contributed by atoms with Gasteiger partial charge in [-0.15, -0.1) is 24.0 Å². The largest absolute Gasteiger partial charge is 0.497 e. The van der Waals surface area contributed by atoms with E-state index in [2.05, 4.69) is 30.8 Å². The van der Waals surface area contributed by atoms with Gasteiger partial charge in [0.05, 0.1) is 32.6 Å². The number of rotatable bonds is 8. The fourth-order valence-corrected chi connectivity index (χ4v) is 3.50. The van der Waals surface area contributed by atoms with Crippen molar-refractivity contribution >= 4 is 41.5 Å². The van der Waals surface area contributed by atoms with Crippen molar-refractivity contribution < 1.29 is 14.3 Å². The minimum atomic E-state index is -0.157. The maximum atomic E-state index is 12.1. The smallest absolute Gasteiger partial charge is 0.243 e. The van der Waals surface area contributed by atoms with E-state index in [1.165, 1.54) is 0 Å². The molecule has 174 valence electrons. The van der Waals surface area contributed by atoms with Gasteiger partial charge in [-0.2, -0.15) is 0 Å². The van der Waals surface area contributed by atoms with Crippen LogP contribution in [-0.2, 0) is 11.3 Å². The number of aromatic nitrogens is 1. The van der Waals surface area contributed by atoms with Gasteiger partial charge in [0.2, 0.25) is 5.91 Å². The van der Waals surface area contributed by atoms with Gasteiger partial charge in [-0.05, 0) is 36.2 Å². The summed E-state index contributed by atoms with van der Waals surface area (Å²) in [4.78, 5) is 22.7. The van der Waals surface area contributed by atoms with Gasteiger partial charge < -0.3 is 25.4 Å². The Morgan fingerprint density at radius 1 is 1.25 bits per heavy atom. The molecule has 0 spiro atoms. The van der Waals surface area contributed by atoms with Gasteiger partial charge in [-0.25, -0.2) is 0 Å². The van der Waals surface area contributed by atoms with E-state index >= 15 is 0 Å². The minimum absolute atomic E-state index is 0. The van der Waals surface area contributed by atoms with Gasteiger partial charge >= 0.3 is 0 Å². The lowest BCUT2D eigenvalue weighted by Crippen LogP contribution is -2.46. The summed E-state index contributed by atoms with van der Waals surface area (Å²) >= 11 is 0. The molecular weight excluding hydrogens is 523 g/mol. The fraction of sp³-hybridized carbons (Fsp3) is 0.409. The van der Waals surface area contributed by atoms with Gasteiger partial charge in [0.15, 0.2) is 5.96 Å². The first-order valence-electron chi connectivity index (χ1n) is 10.2. The SMILES string of the molecule is CN=C(NCC(=O)Nc1cccnc1)NC1CCN(Cc2cc(OC)cc(OC)c2)C1.I. The number of halogens is 1. The molecular formula is C22H31IN6O3. The molecule has 1 aliphatic heterocycles. The van der Waals surface area contributed by atoms with E-state index in [1.807, 2.05) is 18.2 Å². The van der Waals surface area contributed by atoms with Gasteiger partial charge in [-0.3, -0.25) is 19.7 Å². The molecule has 0 saturated carbocycles. The van der Waals surface area contributed by atoms with E-state index in [0.717, 1.165) is 43.1 Å². The van der Waals surface area contributed by atoms with Crippen molar-refractivity contribution in [1.29, 1.82) is 0 Å². The standard InChI is InChI=1S/C22H30N6O3.HI/c1-23-22(25-13-21(29)26-17-5-4-7-24-12-17)27-18-6-8-28(15-18)14-16-9-19(30-2)11-20(10-16)31-3;/h4-5,7,9-12,18H,6,8,13-15H2,1-3H3,(H,26,29)(H2,23,25,27);1H. The van der Waals surface area contributed by atoms with Crippen molar-refractivity contribution in [2.45, 2.75) is 19.0 Å². The van der Waals surface area contributed by atoms with Crippen LogP contribution in [-0.4, -0.2) is 68.7 Å². The number of methoxy groups -OCH3 is 2. The third-order valence-electron chi connectivity index (χ3n) is 5.02. The molecule has 2 heterocycles. The zero-order valence-corrected chi connectivity index (χ0v) is 21.0. The van der Waals surface area contributed by atoms with Crippen molar-refractivity contribution in [3.63, 3.8) is 0 Å². The molecule has 0 radical (unpaired) electrons. The monoisotopic (exact) mass is 554 g/mol. The third kappa shape index (κ3) is 7.83. The van der Waals surface area contributed by atoms with Crippen LogP contribution >= 0.6 is 24.0 Å². The van der Waals surface area contributed by atoms with Crippen LogP contribution in [0.4, 0.5) is 5.69 Å². The van der Waals surface area contributed by atoms with E-state index in [9.17, 15) is 4.79 Å². The molecule has 2 aromatic rings. The normalized spacial score (nSPS) is 16.1. The number of ether oxygens (including phenoxy) is 2. The number of hydrogen-bond donors (Lipinski definition) is 3. The average Bonchev–Trinajstić information content (AvgIpc) is 3.23. The highest BCUT2D eigenvalue weighted by atomic mass is 127. The maximum absolute atomic E-state index is 12.1. The van der Waals surface area contributed by atoms with Crippen LogP contribution in [0.25, 0.3) is 0 Å². The molecule has 9 nitrogen and oxygen atoms in total. The predicted molar refractivity (Wildman–Crippen MR) is 136 cm³/mol. The lowest BCUT2D eigenvalue weighted by Gasteiger charge is -2.19. The zero-order chi connectivity index (χ0) is 22.1. The molecule has 1 saturated heterocycles. The van der Waals surface area contributed by atoms with Gasteiger partial charge in [0.1, 0.15) is 11.5 Å². The highest BCUT2D eigenvalue weighted by Crippen LogP contribution is 2.24. The van der Waals surface area contributed by atoms with Crippen molar-refractivity contribution in [3.05, 3.63) is 48.3 Å². The Hall–Kier alpha value is -2.60. The highest BCUT2D eigenvalue weighted by molar-refractivity contribution is 14.0. The summed E-state index contributed by atoms with van der Waals surface area (Å²) in [6.45, 7) is 2.78. The number of nitrogens with one attached hydrogen (secondary N) is 3. The molecule has 1 aliphatic rings. The summed E-state index contributed by atoms with van der Waals surface area (Å²) < 4.78 is 10.7. The topological polar surface area (TPSA) is 100 Å². The number of benzene rings is 1. The molecule has 3 N–H and O–H groups in total. The molecule has 3 rings (SSSR count). The summed E-state index contributed by atoms with van der Waals surface area (Å²) in [7, 11) is 5.01. The number of pyridine rings is 1. The second-order valence-corrected chi connectivity index (χ2v) is 7.30. The Bertz CT molecular complexity index is 874. The number of nitrogens with zero attached hydrogens (tertiary/aromatic N) is 3. The van der Waals surface area contributed by atoms with E-state index in [0.29, 0.717) is 11.6 Å². The molecule has 32 heavy (non-hydrogen) atoms. The maximum Gasteiger partial charge on any atom is 0.243 e. The van der Waals surface area contributed by atoms with Crippen molar-refractivity contribution in [1.82, 2.24) is 20.5 Å². The van der Waals surface area contributed by atoms with Crippen LogP contribution < -0.4 is 25.4 Å². The second-order valence-electron chi connectivity index (χ2n) is 7.30. The first kappa shape index (κ1) is 25.7. The van der Waals surface area contributed by atoms with Crippen LogP contribution in [0, 0.1) is 0 Å². The predicted octanol–water partition coefficient (Wildman–Crippen LogP) is 2.09. The van der Waals surface area contributed by atoms with E-state index < -0.39 is 0 Å². The molecule has 1 fully saturated rings. The molecule has 1 aromatic heterocycles. The van der Waals surface area contributed by atoms with Crippen molar-refractivity contribution in [2.75, 3.05) is 46.2 Å². The van der Waals surface area contributed by atoms with E-state index in [4.69, 9.17) is 9.47 Å². The summed E-state index contributed by atoms with van der Waals surface area (Å²) in [5.41, 5.74) is 1.81. The minimum Gasteiger partial charge on any atom is -0.497 e. The number of anilines is 1. The Morgan fingerprint density at radius 3 is 2.62 bits per heavy atom. The number of hydrogen-bond acceptors (Lipinski definition) is 6. The first-order chi connectivity index (χ1) is 15.1. The lowest BCUT2D eigenvalue weighted by atomic mass is 10.2. The van der Waals surface area contributed by atoms with Crippen molar-refractivity contribution in [2.24, 2.45) is 4.99 Å². The molecule has 0 aliphatic carbocycles. The number of likely N-dealkylation sites (tertiary alicyclic amines) is 1. The fourth-order valence-electron chi connectivity index (χ4n) is 3.50. The van der Waals surface area contributed by atoms with Gasteiger partial charge in [0, 0.05) is 45.0 Å². The van der Waals surface area contributed by atoms with E-state index in [1.54, 1.807) is 45.8 Å². The molecule has 1 unspecified atom stereocenters. The first-order valence-corrected chi connectivity index (χ1v) is 10.2. The molecule has 0 bridgehead atoms. The van der Waals surface area contributed by atoms with Crippen LogP contribution in [0.15, 0.2) is 47.7 Å². The van der Waals surface area contributed by atoms with Gasteiger partial charge in [0.25, 0.3) is 0 Å². The molecule has 10 heteroatoms.